The molecule has 0 aliphatic heterocycles. The molecule has 0 N–H and O–H groups in total. The first-order valence-corrected chi connectivity index (χ1v) is 3.23. The van der Waals surface area contributed by atoms with E-state index in [1.807, 2.05) is 6.92 Å². The van der Waals surface area contributed by atoms with E-state index in [1.54, 1.807) is 0 Å². The molecule has 1 aliphatic carbocycles. The fraction of sp³-hybridized carbons (Fsp3) is 0.714. The molecule has 0 spiro atoms. The summed E-state index contributed by atoms with van der Waals surface area (Å²) in [5.74, 6) is -0.744. The molecule has 2 heteroatoms. The second-order valence-corrected chi connectivity index (χ2v) is 2.66. The highest BCUT2D eigenvalue weighted by Crippen LogP contribution is 2.30. The molecule has 1 atom stereocenters. The number of rotatable bonds is 0. The van der Waals surface area contributed by atoms with Gasteiger partial charge in [-0.15, -0.1) is 0 Å². The summed E-state index contributed by atoms with van der Waals surface area (Å²) in [7, 11) is 0. The molecule has 1 unspecified atom stereocenters. The Labute approximate surface area is 53.6 Å². The Morgan fingerprint density at radius 3 is 2.44 bits per heavy atom. The van der Waals surface area contributed by atoms with Crippen LogP contribution in [-0.4, -0.2) is 0 Å². The maximum atomic E-state index is 12.3. The predicted octanol–water partition coefficient (Wildman–Crippen LogP) is 2.96. The third kappa shape index (κ3) is 1.50. The zero-order chi connectivity index (χ0) is 6.85. The number of halogens is 2. The van der Waals surface area contributed by atoms with Gasteiger partial charge in [0.15, 0.2) is 0 Å². The molecule has 1 aliphatic rings. The minimum Gasteiger partial charge on any atom is -0.209 e. The van der Waals surface area contributed by atoms with Crippen LogP contribution in [0.25, 0.3) is 0 Å². The van der Waals surface area contributed by atoms with Gasteiger partial charge in [-0.1, -0.05) is 6.92 Å². The van der Waals surface area contributed by atoms with Gasteiger partial charge < -0.3 is 0 Å². The first-order chi connectivity index (χ1) is 4.20. The highest BCUT2D eigenvalue weighted by molar-refractivity contribution is 5.04. The molecule has 0 saturated heterocycles. The Balaban J connectivity index is 2.61. The summed E-state index contributed by atoms with van der Waals surface area (Å²) in [5, 5.41) is 0. The Bertz CT molecular complexity index is 138. The molecule has 0 bridgehead atoms. The normalized spacial score (nSPS) is 29.0. The van der Waals surface area contributed by atoms with Crippen molar-refractivity contribution in [2.75, 3.05) is 0 Å². The van der Waals surface area contributed by atoms with Crippen LogP contribution in [0, 0.1) is 5.92 Å². The van der Waals surface area contributed by atoms with Crippen LogP contribution in [0.15, 0.2) is 11.7 Å². The van der Waals surface area contributed by atoms with Crippen LogP contribution in [0.5, 0.6) is 0 Å². The van der Waals surface area contributed by atoms with Crippen molar-refractivity contribution in [3.8, 4) is 0 Å². The highest BCUT2D eigenvalue weighted by atomic mass is 19.2. The van der Waals surface area contributed by atoms with E-state index in [9.17, 15) is 8.78 Å². The van der Waals surface area contributed by atoms with Gasteiger partial charge in [-0.25, -0.2) is 8.78 Å². The Morgan fingerprint density at radius 1 is 1.33 bits per heavy atom. The van der Waals surface area contributed by atoms with Gasteiger partial charge in [-0.3, -0.25) is 0 Å². The quantitative estimate of drug-likeness (QED) is 0.475. The lowest BCUT2D eigenvalue weighted by molar-refractivity contribution is 0.372. The fourth-order valence-electron chi connectivity index (χ4n) is 1.03. The summed E-state index contributed by atoms with van der Waals surface area (Å²) in [6, 6.07) is 0. The van der Waals surface area contributed by atoms with Crippen molar-refractivity contribution in [1.29, 1.82) is 0 Å². The maximum Gasteiger partial charge on any atom is 0.132 e. The molecule has 0 fully saturated rings. The molecule has 0 amide bonds. The summed E-state index contributed by atoms with van der Waals surface area (Å²) in [5.41, 5.74) is 0. The van der Waals surface area contributed by atoms with E-state index >= 15 is 0 Å². The van der Waals surface area contributed by atoms with Crippen LogP contribution >= 0.6 is 0 Å². The minimum absolute atomic E-state index is 0.297. The van der Waals surface area contributed by atoms with Crippen LogP contribution in [0.2, 0.25) is 0 Å². The Morgan fingerprint density at radius 2 is 2.00 bits per heavy atom. The first kappa shape index (κ1) is 6.72. The van der Waals surface area contributed by atoms with Crippen molar-refractivity contribution in [3.63, 3.8) is 0 Å². The van der Waals surface area contributed by atoms with E-state index in [4.69, 9.17) is 0 Å². The molecule has 0 radical (unpaired) electrons. The van der Waals surface area contributed by atoms with Crippen molar-refractivity contribution in [2.24, 2.45) is 5.92 Å². The van der Waals surface area contributed by atoms with Crippen molar-refractivity contribution < 1.29 is 8.78 Å². The van der Waals surface area contributed by atoms with Gasteiger partial charge >= 0.3 is 0 Å². The van der Waals surface area contributed by atoms with Crippen molar-refractivity contribution in [3.05, 3.63) is 11.7 Å². The minimum atomic E-state index is -0.534. The molecular weight excluding hydrogens is 122 g/mol. The summed E-state index contributed by atoms with van der Waals surface area (Å²) in [6.07, 6.45) is 1.39. The van der Waals surface area contributed by atoms with Gasteiger partial charge in [0.1, 0.15) is 11.7 Å². The Kier molecular flexibility index (Phi) is 1.84. The van der Waals surface area contributed by atoms with E-state index in [2.05, 4.69) is 0 Å². The molecule has 0 aromatic carbocycles. The SMILES string of the molecule is CC1CCC(F)=C(F)C1. The maximum absolute atomic E-state index is 12.3. The van der Waals surface area contributed by atoms with E-state index in [0.717, 1.165) is 6.42 Å². The van der Waals surface area contributed by atoms with Gasteiger partial charge in [0, 0.05) is 12.8 Å². The van der Waals surface area contributed by atoms with Crippen LogP contribution in [0.1, 0.15) is 26.2 Å². The first-order valence-electron chi connectivity index (χ1n) is 3.23. The van der Waals surface area contributed by atoms with E-state index in [0.29, 0.717) is 18.8 Å². The van der Waals surface area contributed by atoms with Gasteiger partial charge in [-0.2, -0.15) is 0 Å². The highest BCUT2D eigenvalue weighted by Gasteiger charge is 2.17. The lowest BCUT2D eigenvalue weighted by Crippen LogP contribution is -2.02. The van der Waals surface area contributed by atoms with Crippen LogP contribution < -0.4 is 0 Å². The molecular formula is C7H10F2. The van der Waals surface area contributed by atoms with E-state index in [-0.39, 0.29) is 0 Å². The van der Waals surface area contributed by atoms with Crippen LogP contribution in [-0.2, 0) is 0 Å². The zero-order valence-electron chi connectivity index (χ0n) is 5.45. The molecule has 9 heavy (non-hydrogen) atoms. The topological polar surface area (TPSA) is 0 Å². The second-order valence-electron chi connectivity index (χ2n) is 2.66. The smallest absolute Gasteiger partial charge is 0.132 e. The lowest BCUT2D eigenvalue weighted by atomic mass is 9.95. The molecule has 52 valence electrons. The largest absolute Gasteiger partial charge is 0.209 e. The fourth-order valence-corrected chi connectivity index (χ4v) is 1.03. The second kappa shape index (κ2) is 2.46. The van der Waals surface area contributed by atoms with Crippen LogP contribution in [0.3, 0.4) is 0 Å². The summed E-state index contributed by atoms with van der Waals surface area (Å²) in [4.78, 5) is 0. The molecule has 0 heterocycles. The van der Waals surface area contributed by atoms with Gasteiger partial charge in [-0.05, 0) is 12.3 Å². The lowest BCUT2D eigenvalue weighted by Gasteiger charge is -2.14. The summed E-state index contributed by atoms with van der Waals surface area (Å²) in [6.45, 7) is 1.94. The summed E-state index contributed by atoms with van der Waals surface area (Å²) >= 11 is 0. The van der Waals surface area contributed by atoms with Gasteiger partial charge in [0.25, 0.3) is 0 Å². The van der Waals surface area contributed by atoms with Gasteiger partial charge in [0.05, 0.1) is 0 Å². The zero-order valence-corrected chi connectivity index (χ0v) is 5.45. The monoisotopic (exact) mass is 132 g/mol. The number of hydrogen-bond acceptors (Lipinski definition) is 0. The molecule has 0 saturated carbocycles. The van der Waals surface area contributed by atoms with E-state index < -0.39 is 11.7 Å². The van der Waals surface area contributed by atoms with E-state index in [1.165, 1.54) is 0 Å². The third-order valence-electron chi connectivity index (χ3n) is 1.68. The number of allylic oxidation sites excluding steroid dienone is 2. The Hall–Kier alpha value is -0.400. The standard InChI is InChI=1S/C7H10F2/c1-5-2-3-6(8)7(9)4-5/h5H,2-4H2,1H3. The summed E-state index contributed by atoms with van der Waals surface area (Å²) < 4.78 is 24.6. The average molecular weight is 132 g/mol. The van der Waals surface area contributed by atoms with Crippen molar-refractivity contribution in [2.45, 2.75) is 26.2 Å². The number of hydrogen-bond donors (Lipinski definition) is 0. The molecule has 0 nitrogen and oxygen atoms in total. The average Bonchev–Trinajstić information content (AvgIpc) is 1.80. The van der Waals surface area contributed by atoms with Crippen molar-refractivity contribution in [1.82, 2.24) is 0 Å². The third-order valence-corrected chi connectivity index (χ3v) is 1.68. The molecule has 1 rings (SSSR count). The van der Waals surface area contributed by atoms with Crippen LogP contribution in [0.4, 0.5) is 8.78 Å². The predicted molar refractivity (Wildman–Crippen MR) is 32.3 cm³/mol. The van der Waals surface area contributed by atoms with Crippen molar-refractivity contribution >= 4 is 0 Å². The molecule has 0 aromatic rings. The van der Waals surface area contributed by atoms with Gasteiger partial charge in [0.2, 0.25) is 0 Å². The molecule has 0 aromatic heterocycles.